The molecule has 0 atom stereocenters. The Labute approximate surface area is 171 Å². The number of rotatable bonds is 2. The summed E-state index contributed by atoms with van der Waals surface area (Å²) in [7, 11) is -1.30. The van der Waals surface area contributed by atoms with Gasteiger partial charge in [0.2, 0.25) is 0 Å². The van der Waals surface area contributed by atoms with E-state index in [2.05, 4.69) is 37.3 Å². The molecule has 0 unspecified atom stereocenters. The first-order valence-corrected chi connectivity index (χ1v) is 10.9. The number of thiazole rings is 2. The Morgan fingerprint density at radius 2 is 1.52 bits per heavy atom. The van der Waals surface area contributed by atoms with Gasteiger partial charge in [0.05, 0.1) is 4.88 Å². The summed E-state index contributed by atoms with van der Waals surface area (Å²) in [6.07, 6.45) is 3.59. The second kappa shape index (κ2) is 12.5. The van der Waals surface area contributed by atoms with Crippen molar-refractivity contribution in [3.63, 3.8) is 0 Å². The second-order valence-electron chi connectivity index (χ2n) is 3.99. The molecule has 0 saturated heterocycles. The lowest BCUT2D eigenvalue weighted by molar-refractivity contribution is 0.427. The molecule has 0 spiro atoms. The lowest BCUT2D eigenvalue weighted by atomic mass is 9.90. The van der Waals surface area contributed by atoms with Crippen molar-refractivity contribution in [1.29, 1.82) is 0 Å². The molecule has 0 aromatic carbocycles. The minimum atomic E-state index is -1.30. The summed E-state index contributed by atoms with van der Waals surface area (Å²) in [6.45, 7) is 0. The maximum Gasteiger partial charge on any atom is 0.499 e. The highest BCUT2D eigenvalue weighted by Crippen LogP contribution is 2.25. The van der Waals surface area contributed by atoms with Crippen LogP contribution in [0, 0.1) is 0 Å². The van der Waals surface area contributed by atoms with Crippen LogP contribution in [0.2, 0.25) is 0 Å². The predicted molar refractivity (Wildman–Crippen MR) is 116 cm³/mol. The molecule has 132 valence electrons. The van der Waals surface area contributed by atoms with Gasteiger partial charge >= 0.3 is 7.12 Å². The maximum absolute atomic E-state index is 8.48. The number of aromatic nitrogens is 2. The Hall–Kier alpha value is -0.875. The van der Waals surface area contributed by atoms with Gasteiger partial charge in [0.15, 0.2) is 3.92 Å². The highest BCUT2D eigenvalue weighted by molar-refractivity contribution is 9.11. The average molecular weight is 475 g/mol. The molecular weight excluding hydrogens is 459 g/mol. The summed E-state index contributed by atoms with van der Waals surface area (Å²) in [6, 6.07) is 7.58. The minimum absolute atomic E-state index is 0. The molecule has 4 aromatic heterocycles. The van der Waals surface area contributed by atoms with Crippen LogP contribution < -0.4 is 4.78 Å². The van der Waals surface area contributed by atoms with E-state index in [4.69, 9.17) is 10.0 Å². The lowest BCUT2D eigenvalue weighted by Gasteiger charge is -1.87. The van der Waals surface area contributed by atoms with Gasteiger partial charge in [-0.2, -0.15) is 11.3 Å². The third-order valence-corrected chi connectivity index (χ3v) is 6.41. The molecular formula is C15H16BBrN2O2S4. The Morgan fingerprint density at radius 3 is 1.88 bits per heavy atom. The number of nitrogens with zero attached hydrogens (tertiary/aromatic N) is 2. The van der Waals surface area contributed by atoms with E-state index in [1.165, 1.54) is 16.2 Å². The van der Waals surface area contributed by atoms with Gasteiger partial charge in [-0.1, -0.05) is 25.6 Å². The highest BCUT2D eigenvalue weighted by atomic mass is 79.9. The zero-order valence-corrected chi connectivity index (χ0v) is 17.0. The number of hydrogen-bond donors (Lipinski definition) is 2. The molecule has 25 heavy (non-hydrogen) atoms. The lowest BCUT2D eigenvalue weighted by Crippen LogP contribution is -2.26. The van der Waals surface area contributed by atoms with Gasteiger partial charge in [-0.15, -0.1) is 34.0 Å². The first-order chi connectivity index (χ1) is 11.7. The molecule has 4 rings (SSSR count). The Morgan fingerprint density at radius 1 is 0.840 bits per heavy atom. The van der Waals surface area contributed by atoms with Gasteiger partial charge in [-0.3, -0.25) is 0 Å². The summed E-state index contributed by atoms with van der Waals surface area (Å²) in [5.41, 5.74) is 0. The SMILES string of the molecule is Brc1nccs1.C.OB(O)c1cccs1.c1csc(-c2nccs2)c1. The van der Waals surface area contributed by atoms with Crippen molar-refractivity contribution in [1.82, 2.24) is 9.97 Å². The number of hydrogen-bond acceptors (Lipinski definition) is 8. The van der Waals surface area contributed by atoms with E-state index in [9.17, 15) is 0 Å². The quantitative estimate of drug-likeness (QED) is 0.408. The fourth-order valence-electron chi connectivity index (χ4n) is 1.39. The monoisotopic (exact) mass is 474 g/mol. The molecule has 0 fully saturated rings. The molecule has 0 bridgehead atoms. The van der Waals surface area contributed by atoms with E-state index in [-0.39, 0.29) is 7.43 Å². The normalized spacial score (nSPS) is 9.08. The van der Waals surface area contributed by atoms with E-state index >= 15 is 0 Å². The first kappa shape index (κ1) is 22.2. The summed E-state index contributed by atoms with van der Waals surface area (Å²) < 4.78 is 1.53. The van der Waals surface area contributed by atoms with Gasteiger partial charge < -0.3 is 10.0 Å². The minimum Gasteiger partial charge on any atom is -0.423 e. The van der Waals surface area contributed by atoms with Crippen molar-refractivity contribution in [3.8, 4) is 9.88 Å². The Kier molecular flexibility index (Phi) is 11.1. The molecule has 0 amide bonds. The molecule has 0 radical (unpaired) electrons. The fourth-order valence-corrected chi connectivity index (χ4v) is 4.24. The van der Waals surface area contributed by atoms with E-state index in [0.29, 0.717) is 4.78 Å². The molecule has 10 heteroatoms. The van der Waals surface area contributed by atoms with Crippen LogP contribution in [0.1, 0.15) is 7.43 Å². The van der Waals surface area contributed by atoms with Gasteiger partial charge in [0.1, 0.15) is 5.01 Å². The zero-order chi connectivity index (χ0) is 17.2. The van der Waals surface area contributed by atoms with Crippen molar-refractivity contribution >= 4 is 73.2 Å². The molecule has 4 nitrogen and oxygen atoms in total. The van der Waals surface area contributed by atoms with Crippen molar-refractivity contribution in [3.05, 3.63) is 62.1 Å². The van der Waals surface area contributed by atoms with Gasteiger partial charge in [0.25, 0.3) is 0 Å². The summed E-state index contributed by atoms with van der Waals surface area (Å²) in [4.78, 5) is 9.30. The predicted octanol–water partition coefficient (Wildman–Crippen LogP) is 4.84. The van der Waals surface area contributed by atoms with E-state index in [1.54, 1.807) is 57.7 Å². The molecule has 0 aliphatic carbocycles. The zero-order valence-electron chi connectivity index (χ0n) is 12.2. The summed E-state index contributed by atoms with van der Waals surface area (Å²) in [5.74, 6) is 0. The van der Waals surface area contributed by atoms with Crippen molar-refractivity contribution in [2.45, 2.75) is 7.43 Å². The first-order valence-electron chi connectivity index (χ1n) is 6.54. The van der Waals surface area contributed by atoms with Crippen molar-refractivity contribution < 1.29 is 10.0 Å². The maximum atomic E-state index is 8.48. The van der Waals surface area contributed by atoms with Crippen LogP contribution in [0.25, 0.3) is 9.88 Å². The highest BCUT2D eigenvalue weighted by Gasteiger charge is 2.09. The van der Waals surface area contributed by atoms with Crippen LogP contribution in [-0.4, -0.2) is 27.1 Å². The van der Waals surface area contributed by atoms with E-state index in [0.717, 1.165) is 8.92 Å². The van der Waals surface area contributed by atoms with Crippen LogP contribution in [0.4, 0.5) is 0 Å². The van der Waals surface area contributed by atoms with Gasteiger partial charge in [-0.25, -0.2) is 9.97 Å². The third kappa shape index (κ3) is 8.36. The third-order valence-electron chi connectivity index (χ3n) is 2.36. The van der Waals surface area contributed by atoms with Crippen molar-refractivity contribution in [2.75, 3.05) is 0 Å². The molecule has 0 saturated carbocycles. The Balaban J connectivity index is 0.000000190. The van der Waals surface area contributed by atoms with E-state index < -0.39 is 7.12 Å². The molecule has 0 aliphatic rings. The molecule has 0 aliphatic heterocycles. The molecule has 4 aromatic rings. The standard InChI is InChI=1S/C7H5NS2.C4H5BO2S.C3H2BrNS.CH4/c1-2-6(9-4-1)7-8-3-5-10-7;6-5(7)4-2-1-3-8-4;4-3-5-1-2-6-3;/h1-5H;1-3,6-7H;1-2H;1H4. The fraction of sp³-hybridized carbons (Fsp3) is 0.0667. The second-order valence-corrected chi connectivity index (χ2v) is 8.98. The average Bonchev–Trinajstić information content (AvgIpc) is 3.32. The number of thiophene rings is 2. The Bertz CT molecular complexity index is 729. The van der Waals surface area contributed by atoms with Crippen LogP contribution >= 0.6 is 61.3 Å². The number of halogens is 1. The largest absolute Gasteiger partial charge is 0.499 e. The van der Waals surface area contributed by atoms with Crippen LogP contribution in [0.15, 0.2) is 62.1 Å². The summed E-state index contributed by atoms with van der Waals surface area (Å²) in [5, 5.41) is 25.9. The molecule has 2 N–H and O–H groups in total. The van der Waals surface area contributed by atoms with Crippen LogP contribution in [-0.2, 0) is 0 Å². The summed E-state index contributed by atoms with van der Waals surface area (Å²) >= 11 is 9.51. The molecule has 4 heterocycles. The van der Waals surface area contributed by atoms with Gasteiger partial charge in [0, 0.05) is 27.9 Å². The smallest absolute Gasteiger partial charge is 0.423 e. The van der Waals surface area contributed by atoms with Crippen molar-refractivity contribution in [2.24, 2.45) is 0 Å². The van der Waals surface area contributed by atoms with E-state index in [1.807, 2.05) is 23.0 Å². The van der Waals surface area contributed by atoms with Gasteiger partial charge in [-0.05, 0) is 32.8 Å². The topological polar surface area (TPSA) is 66.2 Å². The van der Waals surface area contributed by atoms with Crippen LogP contribution in [0.5, 0.6) is 0 Å². The van der Waals surface area contributed by atoms with Crippen LogP contribution in [0.3, 0.4) is 0 Å².